The van der Waals surface area contributed by atoms with Gasteiger partial charge in [-0.05, 0) is 18.2 Å². The van der Waals surface area contributed by atoms with Gasteiger partial charge in [0.05, 0.1) is 6.04 Å². The molecule has 0 spiro atoms. The van der Waals surface area contributed by atoms with Crippen LogP contribution in [0, 0.1) is 0 Å². The molecule has 0 radical (unpaired) electrons. The summed E-state index contributed by atoms with van der Waals surface area (Å²) in [5.74, 6) is -0.0289. The number of piperazine rings is 1. The number of carbonyl (C=O) groups is 2. The predicted octanol–water partition coefficient (Wildman–Crippen LogP) is 2.11. The first kappa shape index (κ1) is 14.4. The number of amides is 2. The predicted molar refractivity (Wildman–Crippen MR) is 85.7 cm³/mol. The van der Waals surface area contributed by atoms with Crippen molar-refractivity contribution >= 4 is 34.5 Å². The Morgan fingerprint density at radius 2 is 2.13 bits per heavy atom. The summed E-state index contributed by atoms with van der Waals surface area (Å²) in [4.78, 5) is 27.9. The Bertz CT molecular complexity index is 816. The maximum atomic E-state index is 12.9. The van der Waals surface area contributed by atoms with Crippen molar-refractivity contribution in [3.8, 4) is 0 Å². The van der Waals surface area contributed by atoms with Gasteiger partial charge in [0.1, 0.15) is 12.3 Å². The molecular weight excluding hydrogens is 318 g/mol. The molecule has 2 aliphatic rings. The minimum Gasteiger partial charge on any atom is -0.447 e. The fourth-order valence-electron chi connectivity index (χ4n) is 3.34. The highest BCUT2D eigenvalue weighted by atomic mass is 35.5. The number of nitrogens with zero attached hydrogens (tertiary/aromatic N) is 3. The molecule has 1 atom stereocenters. The van der Waals surface area contributed by atoms with Crippen LogP contribution in [0.5, 0.6) is 0 Å². The SMILES string of the molecule is Cn1c(C(=O)N2CCN3C(=O)OC[C@@H]3C2)cc2ccc(Cl)cc21. The van der Waals surface area contributed by atoms with E-state index < -0.39 is 0 Å². The van der Waals surface area contributed by atoms with Crippen LogP contribution in [0.4, 0.5) is 4.79 Å². The molecule has 2 aliphatic heterocycles. The van der Waals surface area contributed by atoms with E-state index in [0.717, 1.165) is 10.9 Å². The Labute approximate surface area is 138 Å². The van der Waals surface area contributed by atoms with E-state index >= 15 is 0 Å². The second-order valence-corrected chi connectivity index (χ2v) is 6.40. The van der Waals surface area contributed by atoms with Gasteiger partial charge < -0.3 is 14.2 Å². The average molecular weight is 334 g/mol. The molecule has 23 heavy (non-hydrogen) atoms. The van der Waals surface area contributed by atoms with Crippen LogP contribution < -0.4 is 0 Å². The van der Waals surface area contributed by atoms with Gasteiger partial charge in [0.2, 0.25) is 0 Å². The molecule has 2 fully saturated rings. The molecule has 0 N–H and O–H groups in total. The average Bonchev–Trinajstić information content (AvgIpc) is 3.08. The highest BCUT2D eigenvalue weighted by Gasteiger charge is 2.39. The topological polar surface area (TPSA) is 54.8 Å². The summed E-state index contributed by atoms with van der Waals surface area (Å²) in [6.45, 7) is 1.90. The summed E-state index contributed by atoms with van der Waals surface area (Å²) >= 11 is 6.04. The maximum Gasteiger partial charge on any atom is 0.410 e. The lowest BCUT2D eigenvalue weighted by molar-refractivity contribution is 0.0608. The van der Waals surface area contributed by atoms with Crippen LogP contribution in [0.15, 0.2) is 24.3 Å². The molecule has 7 heteroatoms. The molecule has 4 rings (SSSR count). The van der Waals surface area contributed by atoms with E-state index in [0.29, 0.717) is 37.0 Å². The highest BCUT2D eigenvalue weighted by Crippen LogP contribution is 2.25. The summed E-state index contributed by atoms with van der Waals surface area (Å²) in [5, 5.41) is 1.63. The Hall–Kier alpha value is -2.21. The fraction of sp³-hybridized carbons (Fsp3) is 0.375. The number of hydrogen-bond acceptors (Lipinski definition) is 3. The van der Waals surface area contributed by atoms with Gasteiger partial charge in [-0.25, -0.2) is 4.79 Å². The second kappa shape index (κ2) is 5.16. The summed E-state index contributed by atoms with van der Waals surface area (Å²) < 4.78 is 6.92. The lowest BCUT2D eigenvalue weighted by atomic mass is 10.2. The van der Waals surface area contributed by atoms with Gasteiger partial charge in [-0.2, -0.15) is 0 Å². The fourth-order valence-corrected chi connectivity index (χ4v) is 3.51. The number of cyclic esters (lactones) is 1. The molecule has 1 aromatic heterocycles. The molecule has 120 valence electrons. The van der Waals surface area contributed by atoms with E-state index in [-0.39, 0.29) is 18.0 Å². The summed E-state index contributed by atoms with van der Waals surface area (Å²) in [6.07, 6.45) is -0.277. The summed E-state index contributed by atoms with van der Waals surface area (Å²) in [7, 11) is 1.87. The number of fused-ring (bicyclic) bond motifs is 2. The molecular formula is C16H16ClN3O3. The van der Waals surface area contributed by atoms with E-state index in [2.05, 4.69) is 0 Å². The lowest BCUT2D eigenvalue weighted by Crippen LogP contribution is -2.53. The second-order valence-electron chi connectivity index (χ2n) is 5.97. The Morgan fingerprint density at radius 1 is 1.30 bits per heavy atom. The third kappa shape index (κ3) is 2.25. The third-order valence-corrected chi connectivity index (χ3v) is 4.87. The summed E-state index contributed by atoms with van der Waals surface area (Å²) in [5.41, 5.74) is 1.56. The van der Waals surface area contributed by atoms with Gasteiger partial charge in [0.15, 0.2) is 0 Å². The van der Waals surface area contributed by atoms with Crippen LogP contribution in [0.25, 0.3) is 10.9 Å². The van der Waals surface area contributed by atoms with Crippen molar-refractivity contribution < 1.29 is 14.3 Å². The number of benzene rings is 1. The van der Waals surface area contributed by atoms with Gasteiger partial charge in [0, 0.05) is 42.6 Å². The largest absolute Gasteiger partial charge is 0.447 e. The zero-order chi connectivity index (χ0) is 16.1. The van der Waals surface area contributed by atoms with Crippen molar-refractivity contribution in [1.82, 2.24) is 14.4 Å². The number of ether oxygens (including phenoxy) is 1. The van der Waals surface area contributed by atoms with Gasteiger partial charge in [-0.1, -0.05) is 17.7 Å². The Morgan fingerprint density at radius 3 is 2.96 bits per heavy atom. The van der Waals surface area contributed by atoms with Crippen LogP contribution in [0.1, 0.15) is 10.5 Å². The molecule has 2 saturated heterocycles. The maximum absolute atomic E-state index is 12.9. The van der Waals surface area contributed by atoms with Crippen molar-refractivity contribution in [3.63, 3.8) is 0 Å². The van der Waals surface area contributed by atoms with Crippen LogP contribution in [0.3, 0.4) is 0 Å². The molecule has 0 unspecified atom stereocenters. The number of halogens is 1. The van der Waals surface area contributed by atoms with Crippen LogP contribution in [-0.2, 0) is 11.8 Å². The first-order valence-electron chi connectivity index (χ1n) is 7.52. The molecule has 3 heterocycles. The number of rotatable bonds is 1. The Kier molecular flexibility index (Phi) is 3.23. The van der Waals surface area contributed by atoms with Crippen LogP contribution >= 0.6 is 11.6 Å². The first-order valence-corrected chi connectivity index (χ1v) is 7.90. The van der Waals surface area contributed by atoms with Crippen molar-refractivity contribution in [2.24, 2.45) is 7.05 Å². The normalized spacial score (nSPS) is 20.8. The van der Waals surface area contributed by atoms with E-state index in [1.165, 1.54) is 0 Å². The zero-order valence-corrected chi connectivity index (χ0v) is 13.4. The minimum atomic E-state index is -0.277. The molecule has 2 aromatic rings. The third-order valence-electron chi connectivity index (χ3n) is 4.63. The number of aryl methyl sites for hydroxylation is 1. The van der Waals surface area contributed by atoms with Crippen LogP contribution in [-0.4, -0.2) is 58.7 Å². The number of hydrogen-bond donors (Lipinski definition) is 0. The molecule has 0 saturated carbocycles. The minimum absolute atomic E-state index is 0.0289. The smallest absolute Gasteiger partial charge is 0.410 e. The van der Waals surface area contributed by atoms with Gasteiger partial charge >= 0.3 is 6.09 Å². The number of carbonyl (C=O) groups excluding carboxylic acids is 2. The van der Waals surface area contributed by atoms with Gasteiger partial charge in [-0.15, -0.1) is 0 Å². The molecule has 1 aromatic carbocycles. The van der Waals surface area contributed by atoms with Crippen molar-refractivity contribution in [2.45, 2.75) is 6.04 Å². The monoisotopic (exact) mass is 333 g/mol. The first-order chi connectivity index (χ1) is 11.0. The van der Waals surface area contributed by atoms with Crippen molar-refractivity contribution in [2.75, 3.05) is 26.2 Å². The van der Waals surface area contributed by atoms with E-state index in [1.807, 2.05) is 35.9 Å². The molecule has 0 aliphatic carbocycles. The highest BCUT2D eigenvalue weighted by molar-refractivity contribution is 6.31. The van der Waals surface area contributed by atoms with E-state index in [4.69, 9.17) is 16.3 Å². The Balaban J connectivity index is 1.62. The van der Waals surface area contributed by atoms with E-state index in [9.17, 15) is 9.59 Å². The van der Waals surface area contributed by atoms with Gasteiger partial charge in [-0.3, -0.25) is 9.69 Å². The number of aromatic nitrogens is 1. The standard InChI is InChI=1S/C16H16ClN3O3/c1-18-13-7-11(17)3-2-10(13)6-14(18)15(21)19-4-5-20-12(8-19)9-23-16(20)22/h2-3,6-7,12H,4-5,8-9H2,1H3/t12-/m0/s1. The van der Waals surface area contributed by atoms with E-state index in [1.54, 1.807) is 9.80 Å². The summed E-state index contributed by atoms with van der Waals surface area (Å²) in [6, 6.07) is 7.43. The molecule has 6 nitrogen and oxygen atoms in total. The van der Waals surface area contributed by atoms with Crippen LogP contribution in [0.2, 0.25) is 5.02 Å². The molecule has 0 bridgehead atoms. The molecule has 2 amide bonds. The lowest BCUT2D eigenvalue weighted by Gasteiger charge is -2.35. The van der Waals surface area contributed by atoms with Gasteiger partial charge in [0.25, 0.3) is 5.91 Å². The zero-order valence-electron chi connectivity index (χ0n) is 12.7. The van der Waals surface area contributed by atoms with Crippen molar-refractivity contribution in [1.29, 1.82) is 0 Å². The van der Waals surface area contributed by atoms with Crippen molar-refractivity contribution in [3.05, 3.63) is 35.0 Å². The quantitative estimate of drug-likeness (QED) is 0.803.